The van der Waals surface area contributed by atoms with Crippen LogP contribution in [0.25, 0.3) is 10.8 Å². The van der Waals surface area contributed by atoms with E-state index in [1.54, 1.807) is 11.8 Å². The molecular weight excluding hydrogens is 226 g/mol. The van der Waals surface area contributed by atoms with Crippen LogP contribution in [0.4, 0.5) is 5.69 Å². The minimum atomic E-state index is 1.05. The third-order valence-corrected chi connectivity index (χ3v) is 4.11. The number of hydrogen-bond acceptors (Lipinski definition) is 2. The van der Waals surface area contributed by atoms with E-state index in [0.29, 0.717) is 0 Å². The summed E-state index contributed by atoms with van der Waals surface area (Å²) in [4.78, 5) is 3.68. The number of hydrogen-bond donors (Lipinski definition) is 0. The summed E-state index contributed by atoms with van der Waals surface area (Å²) in [5.41, 5.74) is 1.35. The molecular formula is C15H15NS. The zero-order valence-corrected chi connectivity index (χ0v) is 10.8. The van der Waals surface area contributed by atoms with Crippen LogP contribution in [-0.4, -0.2) is 6.54 Å². The second-order valence-electron chi connectivity index (χ2n) is 4.28. The predicted molar refractivity (Wildman–Crippen MR) is 76.6 cm³/mol. The Kier molecular flexibility index (Phi) is 2.60. The summed E-state index contributed by atoms with van der Waals surface area (Å²) in [6.07, 6.45) is 1.14. The van der Waals surface area contributed by atoms with E-state index in [9.17, 15) is 0 Å². The fraction of sp³-hybridized carbons (Fsp3) is 0.200. The summed E-state index contributed by atoms with van der Waals surface area (Å²) >= 11 is 1.79. The maximum Gasteiger partial charge on any atom is 0.0728 e. The summed E-state index contributed by atoms with van der Waals surface area (Å²) in [6, 6.07) is 13.0. The van der Waals surface area contributed by atoms with E-state index in [1.807, 2.05) is 0 Å². The van der Waals surface area contributed by atoms with E-state index < -0.39 is 0 Å². The lowest BCUT2D eigenvalue weighted by Crippen LogP contribution is -2.17. The molecule has 0 N–H and O–H groups in total. The highest BCUT2D eigenvalue weighted by Gasteiger charge is 2.24. The molecule has 0 fully saturated rings. The molecule has 86 valence electrons. The monoisotopic (exact) mass is 241 g/mol. The van der Waals surface area contributed by atoms with Crippen molar-refractivity contribution < 1.29 is 0 Å². The van der Waals surface area contributed by atoms with Crippen molar-refractivity contribution in [1.82, 2.24) is 0 Å². The number of nitrogens with zero attached hydrogens (tertiary/aromatic N) is 1. The molecule has 17 heavy (non-hydrogen) atoms. The highest BCUT2D eigenvalue weighted by atomic mass is 32.2. The Morgan fingerprint density at radius 1 is 1.18 bits per heavy atom. The van der Waals surface area contributed by atoms with Crippen LogP contribution in [0.1, 0.15) is 13.3 Å². The van der Waals surface area contributed by atoms with Crippen LogP contribution >= 0.6 is 11.8 Å². The van der Waals surface area contributed by atoms with Gasteiger partial charge in [0.15, 0.2) is 0 Å². The van der Waals surface area contributed by atoms with Gasteiger partial charge >= 0.3 is 0 Å². The molecule has 0 amide bonds. The zero-order valence-electron chi connectivity index (χ0n) is 9.94. The van der Waals surface area contributed by atoms with Crippen LogP contribution < -0.4 is 4.90 Å². The van der Waals surface area contributed by atoms with Crippen LogP contribution in [0.2, 0.25) is 0 Å². The summed E-state index contributed by atoms with van der Waals surface area (Å²) in [7, 11) is 0. The Balaban J connectivity index is 2.25. The zero-order chi connectivity index (χ0) is 11.8. The van der Waals surface area contributed by atoms with Crippen LogP contribution in [0.5, 0.6) is 0 Å². The van der Waals surface area contributed by atoms with Gasteiger partial charge in [0.2, 0.25) is 0 Å². The normalized spacial score (nSPS) is 14.4. The summed E-state index contributed by atoms with van der Waals surface area (Å²) in [6.45, 7) is 7.42. The predicted octanol–water partition coefficient (Wildman–Crippen LogP) is 4.63. The Bertz CT molecular complexity index is 588. The fourth-order valence-electron chi connectivity index (χ4n) is 2.36. The highest BCUT2D eigenvalue weighted by Crippen LogP contribution is 2.48. The molecule has 1 aliphatic rings. The van der Waals surface area contributed by atoms with E-state index in [-0.39, 0.29) is 0 Å². The molecule has 1 aliphatic heterocycles. The van der Waals surface area contributed by atoms with Crippen molar-refractivity contribution in [3.8, 4) is 0 Å². The lowest BCUT2D eigenvalue weighted by atomic mass is 10.1. The number of rotatable bonds is 2. The quantitative estimate of drug-likeness (QED) is 0.754. The van der Waals surface area contributed by atoms with Gasteiger partial charge in [0.05, 0.1) is 10.7 Å². The Morgan fingerprint density at radius 2 is 2.00 bits per heavy atom. The molecule has 0 saturated carbocycles. The summed E-state index contributed by atoms with van der Waals surface area (Å²) in [5, 5.41) is 3.80. The standard InChI is InChI=1S/C15H15NS/c1-3-10-16-11(2)17-14-9-8-12-6-4-5-7-13(12)15(14)16/h4-9H,2-3,10H2,1H3. The third kappa shape index (κ3) is 1.64. The first-order valence-electron chi connectivity index (χ1n) is 5.97. The van der Waals surface area contributed by atoms with Crippen molar-refractivity contribution in [2.24, 2.45) is 0 Å². The molecule has 0 unspecified atom stereocenters. The van der Waals surface area contributed by atoms with Gasteiger partial charge in [-0.2, -0.15) is 0 Å². The SMILES string of the molecule is C=C1Sc2ccc3ccccc3c2N1CCC. The molecule has 3 rings (SSSR count). The maximum absolute atomic E-state index is 4.16. The molecule has 2 heteroatoms. The first-order chi connectivity index (χ1) is 8.31. The molecule has 2 aromatic rings. The van der Waals surface area contributed by atoms with Crippen LogP contribution in [0, 0.1) is 0 Å². The third-order valence-electron chi connectivity index (χ3n) is 3.11. The topological polar surface area (TPSA) is 3.24 Å². The maximum atomic E-state index is 4.16. The largest absolute Gasteiger partial charge is 0.335 e. The van der Waals surface area contributed by atoms with Gasteiger partial charge in [0, 0.05) is 16.8 Å². The molecule has 0 saturated heterocycles. The number of anilines is 1. The lowest BCUT2D eigenvalue weighted by molar-refractivity contribution is 0.878. The second-order valence-corrected chi connectivity index (χ2v) is 5.40. The number of thioether (sulfide) groups is 1. The molecule has 0 radical (unpaired) electrons. The molecule has 1 heterocycles. The molecule has 1 nitrogen and oxygen atoms in total. The summed E-state index contributed by atoms with van der Waals surface area (Å²) in [5.74, 6) is 0. The molecule has 0 aromatic heterocycles. The van der Waals surface area contributed by atoms with Gasteiger partial charge in [-0.25, -0.2) is 0 Å². The molecule has 0 aliphatic carbocycles. The Labute approximate surface area is 106 Å². The molecule has 0 bridgehead atoms. The van der Waals surface area contributed by atoms with Crippen molar-refractivity contribution >= 4 is 28.2 Å². The van der Waals surface area contributed by atoms with Crippen molar-refractivity contribution in [2.75, 3.05) is 11.4 Å². The van der Waals surface area contributed by atoms with E-state index in [1.165, 1.54) is 21.4 Å². The van der Waals surface area contributed by atoms with Gasteiger partial charge in [0.25, 0.3) is 0 Å². The average molecular weight is 241 g/mol. The lowest BCUT2D eigenvalue weighted by Gasteiger charge is -2.20. The van der Waals surface area contributed by atoms with E-state index in [2.05, 4.69) is 54.8 Å². The number of fused-ring (bicyclic) bond motifs is 3. The van der Waals surface area contributed by atoms with Crippen LogP contribution in [0.3, 0.4) is 0 Å². The first-order valence-corrected chi connectivity index (χ1v) is 6.79. The molecule has 0 atom stereocenters. The fourth-order valence-corrected chi connectivity index (χ4v) is 3.36. The van der Waals surface area contributed by atoms with Crippen molar-refractivity contribution in [3.63, 3.8) is 0 Å². The molecule has 2 aromatic carbocycles. The van der Waals surface area contributed by atoms with Gasteiger partial charge < -0.3 is 4.90 Å². The van der Waals surface area contributed by atoms with Crippen molar-refractivity contribution in [1.29, 1.82) is 0 Å². The van der Waals surface area contributed by atoms with Gasteiger partial charge in [0.1, 0.15) is 0 Å². The van der Waals surface area contributed by atoms with E-state index in [4.69, 9.17) is 0 Å². The van der Waals surface area contributed by atoms with Gasteiger partial charge in [-0.1, -0.05) is 55.6 Å². The Hall–Kier alpha value is -1.41. The van der Waals surface area contributed by atoms with Crippen molar-refractivity contribution in [2.45, 2.75) is 18.2 Å². The number of benzene rings is 2. The van der Waals surface area contributed by atoms with Crippen LogP contribution in [0.15, 0.2) is 52.9 Å². The minimum Gasteiger partial charge on any atom is -0.335 e. The first kappa shape index (κ1) is 10.7. The molecule has 0 spiro atoms. The smallest absolute Gasteiger partial charge is 0.0728 e. The summed E-state index contributed by atoms with van der Waals surface area (Å²) < 4.78 is 0. The van der Waals surface area contributed by atoms with Crippen molar-refractivity contribution in [3.05, 3.63) is 48.0 Å². The van der Waals surface area contributed by atoms with Gasteiger partial charge in [-0.15, -0.1) is 0 Å². The van der Waals surface area contributed by atoms with E-state index >= 15 is 0 Å². The van der Waals surface area contributed by atoms with Crippen LogP contribution in [-0.2, 0) is 0 Å². The Morgan fingerprint density at radius 3 is 2.82 bits per heavy atom. The van der Waals surface area contributed by atoms with Gasteiger partial charge in [-0.05, 0) is 17.9 Å². The highest BCUT2D eigenvalue weighted by molar-refractivity contribution is 8.03. The minimum absolute atomic E-state index is 1.05. The average Bonchev–Trinajstić information content (AvgIpc) is 2.67. The van der Waals surface area contributed by atoms with E-state index in [0.717, 1.165) is 18.0 Å². The van der Waals surface area contributed by atoms with Gasteiger partial charge in [-0.3, -0.25) is 0 Å². The second kappa shape index (κ2) is 4.11.